The number of anilines is 1. The second-order valence-electron chi connectivity index (χ2n) is 6.94. The third kappa shape index (κ3) is 3.50. The number of likely N-dealkylation sites (N-methyl/N-ethyl adjacent to an activating group) is 1. The summed E-state index contributed by atoms with van der Waals surface area (Å²) < 4.78 is 11.1. The number of hydrogen-bond acceptors (Lipinski definition) is 5. The second kappa shape index (κ2) is 6.23. The monoisotopic (exact) mass is 343 g/mol. The summed E-state index contributed by atoms with van der Waals surface area (Å²) in [6.45, 7) is 5.38. The molecule has 132 valence electrons. The first-order chi connectivity index (χ1) is 11.8. The fraction of sp³-hybridized carbons (Fsp3) is 0.389. The van der Waals surface area contributed by atoms with Crippen molar-refractivity contribution < 1.29 is 19.1 Å². The van der Waals surface area contributed by atoms with Crippen LogP contribution >= 0.6 is 0 Å². The summed E-state index contributed by atoms with van der Waals surface area (Å²) in [7, 11) is 1.53. The summed E-state index contributed by atoms with van der Waals surface area (Å²) in [4.78, 5) is 30.3. The Morgan fingerprint density at radius 3 is 2.84 bits per heavy atom. The second-order valence-corrected chi connectivity index (χ2v) is 6.94. The number of carbonyl (C=O) groups is 2. The van der Waals surface area contributed by atoms with Gasteiger partial charge < -0.3 is 14.8 Å². The number of nitrogens with zero attached hydrogens (tertiary/aromatic N) is 2. The lowest BCUT2D eigenvalue weighted by atomic mass is 10.1. The van der Waals surface area contributed by atoms with E-state index in [2.05, 4.69) is 10.3 Å². The van der Waals surface area contributed by atoms with Crippen molar-refractivity contribution >= 4 is 28.5 Å². The van der Waals surface area contributed by atoms with Gasteiger partial charge >= 0.3 is 6.09 Å². The van der Waals surface area contributed by atoms with Crippen LogP contribution in [-0.2, 0) is 9.53 Å². The molecule has 1 aromatic carbocycles. The summed E-state index contributed by atoms with van der Waals surface area (Å²) in [5, 5.41) is 4.60. The van der Waals surface area contributed by atoms with E-state index in [0.717, 1.165) is 10.8 Å². The zero-order valence-corrected chi connectivity index (χ0v) is 14.7. The molecule has 1 N–H and O–H groups in total. The van der Waals surface area contributed by atoms with Gasteiger partial charge in [0, 0.05) is 30.2 Å². The van der Waals surface area contributed by atoms with Crippen LogP contribution in [0.15, 0.2) is 30.6 Å². The first kappa shape index (κ1) is 17.0. The fourth-order valence-corrected chi connectivity index (χ4v) is 2.60. The Bertz CT molecular complexity index is 829. The van der Waals surface area contributed by atoms with Crippen LogP contribution in [0, 0.1) is 0 Å². The molecule has 0 spiro atoms. The Labute approximate surface area is 145 Å². The van der Waals surface area contributed by atoms with E-state index in [1.807, 2.05) is 12.1 Å². The van der Waals surface area contributed by atoms with Crippen molar-refractivity contribution in [2.45, 2.75) is 32.4 Å². The Balaban J connectivity index is 1.87. The molecule has 2 heterocycles. The molecule has 0 saturated heterocycles. The maximum atomic E-state index is 12.7. The van der Waals surface area contributed by atoms with Crippen LogP contribution in [0.4, 0.5) is 10.5 Å². The number of benzene rings is 1. The molecule has 0 unspecified atom stereocenters. The van der Waals surface area contributed by atoms with Gasteiger partial charge in [-0.1, -0.05) is 0 Å². The molecule has 7 heteroatoms. The molecule has 1 aliphatic heterocycles. The molecule has 7 nitrogen and oxygen atoms in total. The Morgan fingerprint density at radius 2 is 2.12 bits per heavy atom. The van der Waals surface area contributed by atoms with Gasteiger partial charge in [-0.2, -0.15) is 0 Å². The van der Waals surface area contributed by atoms with Crippen LogP contribution in [0.2, 0.25) is 0 Å². The molecule has 0 radical (unpaired) electrons. The van der Waals surface area contributed by atoms with Crippen LogP contribution in [0.5, 0.6) is 5.75 Å². The summed E-state index contributed by atoms with van der Waals surface area (Å²) in [5.41, 5.74) is -0.0514. The molecule has 2 amide bonds. The summed E-state index contributed by atoms with van der Waals surface area (Å²) in [6, 6.07) is 4.69. The Kier molecular flexibility index (Phi) is 4.24. The molecule has 1 aliphatic rings. The van der Waals surface area contributed by atoms with Crippen molar-refractivity contribution in [2.24, 2.45) is 0 Å². The van der Waals surface area contributed by atoms with Gasteiger partial charge in [-0.05, 0) is 39.0 Å². The van der Waals surface area contributed by atoms with Gasteiger partial charge in [-0.25, -0.2) is 4.79 Å². The molecule has 25 heavy (non-hydrogen) atoms. The van der Waals surface area contributed by atoms with Crippen molar-refractivity contribution in [1.29, 1.82) is 0 Å². The minimum Gasteiger partial charge on any atom is -0.489 e. The molecule has 1 aromatic heterocycles. The van der Waals surface area contributed by atoms with Crippen LogP contribution in [-0.4, -0.2) is 47.2 Å². The lowest BCUT2D eigenvalue weighted by molar-refractivity contribution is -0.121. The number of rotatable bonds is 1. The van der Waals surface area contributed by atoms with Crippen molar-refractivity contribution in [3.8, 4) is 5.75 Å². The molecule has 2 aromatic rings. The summed E-state index contributed by atoms with van der Waals surface area (Å²) >= 11 is 0. The maximum absolute atomic E-state index is 12.7. The number of aromatic nitrogens is 1. The maximum Gasteiger partial charge on any atom is 0.410 e. The van der Waals surface area contributed by atoms with Crippen molar-refractivity contribution in [3.63, 3.8) is 0 Å². The van der Waals surface area contributed by atoms with E-state index >= 15 is 0 Å². The SMILES string of the molecule is CN(C(=O)OC(C)(C)C)[C@H]1COc2ccc3cnccc3c2NC1=O. The highest BCUT2D eigenvalue weighted by Crippen LogP contribution is 2.35. The van der Waals surface area contributed by atoms with E-state index in [0.29, 0.717) is 11.4 Å². The van der Waals surface area contributed by atoms with E-state index in [1.165, 1.54) is 11.9 Å². The van der Waals surface area contributed by atoms with Crippen LogP contribution in [0.25, 0.3) is 10.8 Å². The minimum atomic E-state index is -0.792. The highest BCUT2D eigenvalue weighted by atomic mass is 16.6. The highest BCUT2D eigenvalue weighted by Gasteiger charge is 2.33. The van der Waals surface area contributed by atoms with E-state index in [1.54, 1.807) is 39.2 Å². The first-order valence-electron chi connectivity index (χ1n) is 8.02. The molecule has 0 aliphatic carbocycles. The van der Waals surface area contributed by atoms with Crippen molar-refractivity contribution in [2.75, 3.05) is 19.0 Å². The van der Waals surface area contributed by atoms with Crippen molar-refractivity contribution in [1.82, 2.24) is 9.88 Å². The van der Waals surface area contributed by atoms with E-state index in [4.69, 9.17) is 9.47 Å². The standard InChI is InChI=1S/C18H21N3O4/c1-18(2,3)25-17(23)21(4)13-10-24-14-6-5-11-9-19-8-7-12(11)15(14)20-16(13)22/h5-9,13H,10H2,1-4H3,(H,20,22)/t13-/m0/s1. The Hall–Kier alpha value is -2.83. The van der Waals surface area contributed by atoms with Crippen molar-refractivity contribution in [3.05, 3.63) is 30.6 Å². The molecule has 0 bridgehead atoms. The normalized spacial score (nSPS) is 17.1. The average molecular weight is 343 g/mol. The molecular weight excluding hydrogens is 322 g/mol. The number of fused-ring (bicyclic) bond motifs is 3. The molecule has 0 fully saturated rings. The van der Waals surface area contributed by atoms with Gasteiger partial charge in [0.05, 0.1) is 5.69 Å². The number of nitrogens with one attached hydrogen (secondary N) is 1. The van der Waals surface area contributed by atoms with Gasteiger partial charge in [-0.3, -0.25) is 14.7 Å². The molecule has 0 saturated carbocycles. The predicted molar refractivity (Wildman–Crippen MR) is 93.7 cm³/mol. The van der Waals surface area contributed by atoms with E-state index in [9.17, 15) is 9.59 Å². The summed E-state index contributed by atoms with van der Waals surface area (Å²) in [5.74, 6) is 0.239. The van der Waals surface area contributed by atoms with Gasteiger partial charge in [0.25, 0.3) is 5.91 Å². The topological polar surface area (TPSA) is 80.8 Å². The van der Waals surface area contributed by atoms with Gasteiger partial charge in [-0.15, -0.1) is 0 Å². The predicted octanol–water partition coefficient (Wildman–Crippen LogP) is 2.80. The smallest absolute Gasteiger partial charge is 0.410 e. The lowest BCUT2D eigenvalue weighted by Gasteiger charge is -2.28. The minimum absolute atomic E-state index is 0.0468. The number of ether oxygens (including phenoxy) is 2. The average Bonchev–Trinajstić information content (AvgIpc) is 2.71. The molecule has 3 rings (SSSR count). The van der Waals surface area contributed by atoms with Crippen LogP contribution in [0.1, 0.15) is 20.8 Å². The molecule has 1 atom stereocenters. The first-order valence-corrected chi connectivity index (χ1v) is 8.02. The zero-order chi connectivity index (χ0) is 18.2. The quantitative estimate of drug-likeness (QED) is 0.861. The molecular formula is C18H21N3O4. The third-order valence-electron chi connectivity index (χ3n) is 3.88. The van der Waals surface area contributed by atoms with Gasteiger partial charge in [0.15, 0.2) is 0 Å². The van der Waals surface area contributed by atoms with E-state index in [-0.39, 0.29) is 12.5 Å². The zero-order valence-electron chi connectivity index (χ0n) is 14.7. The largest absolute Gasteiger partial charge is 0.489 e. The summed E-state index contributed by atoms with van der Waals surface area (Å²) in [6.07, 6.45) is 2.80. The van der Waals surface area contributed by atoms with Gasteiger partial charge in [0.2, 0.25) is 0 Å². The highest BCUT2D eigenvalue weighted by molar-refractivity contribution is 6.07. The van der Waals surface area contributed by atoms with Crippen LogP contribution in [0.3, 0.4) is 0 Å². The number of hydrogen-bond donors (Lipinski definition) is 1. The fourth-order valence-electron chi connectivity index (χ4n) is 2.60. The number of pyridine rings is 1. The number of carbonyl (C=O) groups excluding carboxylic acids is 2. The van der Waals surface area contributed by atoms with Gasteiger partial charge in [0.1, 0.15) is 24.0 Å². The van der Waals surface area contributed by atoms with Crippen LogP contribution < -0.4 is 10.1 Å². The Morgan fingerprint density at radius 1 is 1.36 bits per heavy atom. The number of amides is 2. The van der Waals surface area contributed by atoms with E-state index < -0.39 is 17.7 Å². The third-order valence-corrected chi connectivity index (χ3v) is 3.88. The lowest BCUT2D eigenvalue weighted by Crippen LogP contribution is -2.49.